The summed E-state index contributed by atoms with van der Waals surface area (Å²) in [5.41, 5.74) is 4.22. The zero-order valence-corrected chi connectivity index (χ0v) is 14.0. The molecule has 2 rings (SSSR count). The van der Waals surface area contributed by atoms with E-state index in [1.165, 1.54) is 0 Å². The standard InChI is InChI=1S/C17H22N2O2S/c1-12(20)8-17(2,3)10-18-16(21)14-6-4-13(5-7-14)15-9-22-11-19-15/h4-7,9,11-12,20H,8,10H2,1-3H3,(H,18,21). The number of amides is 1. The number of nitrogens with zero attached hydrogens (tertiary/aromatic N) is 1. The van der Waals surface area contributed by atoms with E-state index >= 15 is 0 Å². The van der Waals surface area contributed by atoms with Gasteiger partial charge in [0.2, 0.25) is 0 Å². The third-order valence-corrected chi connectivity index (χ3v) is 4.04. The molecule has 0 bridgehead atoms. The SMILES string of the molecule is CC(O)CC(C)(C)CNC(=O)c1ccc(-c2cscn2)cc1. The normalized spacial score (nSPS) is 12.9. The first kappa shape index (κ1) is 16.6. The maximum atomic E-state index is 12.2. The minimum atomic E-state index is -0.371. The summed E-state index contributed by atoms with van der Waals surface area (Å²) in [5.74, 6) is -0.0940. The largest absolute Gasteiger partial charge is 0.393 e. The van der Waals surface area contributed by atoms with Gasteiger partial charge in [0.1, 0.15) is 0 Å². The number of aliphatic hydroxyl groups is 1. The summed E-state index contributed by atoms with van der Waals surface area (Å²) in [6.07, 6.45) is 0.278. The second kappa shape index (κ2) is 7.03. The maximum absolute atomic E-state index is 12.2. The summed E-state index contributed by atoms with van der Waals surface area (Å²) in [7, 11) is 0. The van der Waals surface area contributed by atoms with Gasteiger partial charge in [-0.1, -0.05) is 26.0 Å². The van der Waals surface area contributed by atoms with Crippen molar-refractivity contribution in [3.05, 3.63) is 40.7 Å². The minimum absolute atomic E-state index is 0.0940. The van der Waals surface area contributed by atoms with Gasteiger partial charge in [0.05, 0.1) is 17.3 Å². The number of carbonyl (C=O) groups excluding carboxylic acids is 1. The zero-order chi connectivity index (χ0) is 16.2. The molecular formula is C17H22N2O2S. The predicted molar refractivity (Wildman–Crippen MR) is 90.0 cm³/mol. The van der Waals surface area contributed by atoms with Crippen LogP contribution in [0.15, 0.2) is 35.2 Å². The van der Waals surface area contributed by atoms with Crippen LogP contribution in [-0.4, -0.2) is 28.6 Å². The highest BCUT2D eigenvalue weighted by Gasteiger charge is 2.21. The maximum Gasteiger partial charge on any atom is 0.251 e. The third kappa shape index (κ3) is 4.64. The summed E-state index contributed by atoms with van der Waals surface area (Å²) in [6.45, 7) is 6.36. The Bertz CT molecular complexity index is 604. The lowest BCUT2D eigenvalue weighted by molar-refractivity contribution is 0.0902. The zero-order valence-electron chi connectivity index (χ0n) is 13.2. The van der Waals surface area contributed by atoms with Crippen molar-refractivity contribution in [2.24, 2.45) is 5.41 Å². The molecule has 0 aliphatic carbocycles. The quantitative estimate of drug-likeness (QED) is 0.858. The van der Waals surface area contributed by atoms with Crippen molar-refractivity contribution in [1.29, 1.82) is 0 Å². The number of nitrogens with one attached hydrogen (secondary N) is 1. The average Bonchev–Trinajstić information content (AvgIpc) is 2.98. The molecule has 0 aliphatic heterocycles. The van der Waals surface area contributed by atoms with Crippen molar-refractivity contribution in [1.82, 2.24) is 10.3 Å². The van der Waals surface area contributed by atoms with Crippen molar-refractivity contribution in [2.45, 2.75) is 33.3 Å². The molecule has 0 saturated heterocycles. The summed E-state index contributed by atoms with van der Waals surface area (Å²) < 4.78 is 0. The van der Waals surface area contributed by atoms with Gasteiger partial charge in [0, 0.05) is 23.1 Å². The molecule has 5 heteroatoms. The second-order valence-corrected chi connectivity index (χ2v) is 7.07. The average molecular weight is 318 g/mol. The van der Waals surface area contributed by atoms with Gasteiger partial charge in [0.25, 0.3) is 5.91 Å². The number of benzene rings is 1. The van der Waals surface area contributed by atoms with Crippen LogP contribution in [0.5, 0.6) is 0 Å². The van der Waals surface area contributed by atoms with E-state index in [1.54, 1.807) is 23.8 Å². The van der Waals surface area contributed by atoms with E-state index in [-0.39, 0.29) is 17.4 Å². The Labute approximate surface area is 135 Å². The number of rotatable bonds is 6. The van der Waals surface area contributed by atoms with Crippen molar-refractivity contribution >= 4 is 17.2 Å². The van der Waals surface area contributed by atoms with E-state index in [4.69, 9.17) is 0 Å². The first-order valence-electron chi connectivity index (χ1n) is 7.32. The molecule has 1 atom stereocenters. The van der Waals surface area contributed by atoms with Gasteiger partial charge in [-0.2, -0.15) is 0 Å². The highest BCUT2D eigenvalue weighted by molar-refractivity contribution is 7.07. The van der Waals surface area contributed by atoms with Crippen LogP contribution in [0.4, 0.5) is 0 Å². The van der Waals surface area contributed by atoms with Gasteiger partial charge in [0.15, 0.2) is 0 Å². The fourth-order valence-electron chi connectivity index (χ4n) is 2.44. The van der Waals surface area contributed by atoms with Gasteiger partial charge >= 0.3 is 0 Å². The van der Waals surface area contributed by atoms with Crippen molar-refractivity contribution in [2.75, 3.05) is 6.54 Å². The molecule has 1 heterocycles. The van der Waals surface area contributed by atoms with Gasteiger partial charge in [-0.05, 0) is 30.9 Å². The number of thiazole rings is 1. The monoisotopic (exact) mass is 318 g/mol. The van der Waals surface area contributed by atoms with Crippen LogP contribution in [0.3, 0.4) is 0 Å². The lowest BCUT2D eigenvalue weighted by Gasteiger charge is -2.26. The van der Waals surface area contributed by atoms with Gasteiger partial charge in [-0.15, -0.1) is 11.3 Å². The van der Waals surface area contributed by atoms with Crippen molar-refractivity contribution in [3.63, 3.8) is 0 Å². The Morgan fingerprint density at radius 1 is 1.36 bits per heavy atom. The Kier molecular flexibility index (Phi) is 5.32. The molecule has 0 aliphatic rings. The van der Waals surface area contributed by atoms with Crippen LogP contribution in [-0.2, 0) is 0 Å². The summed E-state index contributed by atoms with van der Waals surface area (Å²) in [6, 6.07) is 7.44. The fraction of sp³-hybridized carbons (Fsp3) is 0.412. The number of hydrogen-bond donors (Lipinski definition) is 2. The van der Waals surface area contributed by atoms with E-state index in [9.17, 15) is 9.90 Å². The Hall–Kier alpha value is -1.72. The Balaban J connectivity index is 1.96. The van der Waals surface area contributed by atoms with Crippen LogP contribution < -0.4 is 5.32 Å². The van der Waals surface area contributed by atoms with Gasteiger partial charge < -0.3 is 10.4 Å². The van der Waals surface area contributed by atoms with E-state index < -0.39 is 0 Å². The topological polar surface area (TPSA) is 62.2 Å². The molecule has 0 radical (unpaired) electrons. The molecule has 4 nitrogen and oxygen atoms in total. The lowest BCUT2D eigenvalue weighted by Crippen LogP contribution is -2.35. The fourth-order valence-corrected chi connectivity index (χ4v) is 3.00. The third-order valence-electron chi connectivity index (χ3n) is 3.45. The van der Waals surface area contributed by atoms with Gasteiger partial charge in [-0.25, -0.2) is 4.98 Å². The second-order valence-electron chi connectivity index (χ2n) is 6.35. The van der Waals surface area contributed by atoms with Crippen LogP contribution >= 0.6 is 11.3 Å². The number of hydrogen-bond acceptors (Lipinski definition) is 4. The Morgan fingerprint density at radius 3 is 2.59 bits per heavy atom. The van der Waals surface area contributed by atoms with E-state index in [1.807, 2.05) is 43.5 Å². The molecule has 1 unspecified atom stereocenters. The number of aromatic nitrogens is 1. The smallest absolute Gasteiger partial charge is 0.251 e. The van der Waals surface area contributed by atoms with Crippen LogP contribution in [0.1, 0.15) is 37.6 Å². The summed E-state index contributed by atoms with van der Waals surface area (Å²) >= 11 is 1.55. The van der Waals surface area contributed by atoms with Crippen molar-refractivity contribution < 1.29 is 9.90 Å². The molecule has 2 aromatic rings. The molecule has 22 heavy (non-hydrogen) atoms. The lowest BCUT2D eigenvalue weighted by atomic mass is 9.87. The molecule has 0 spiro atoms. The Morgan fingerprint density at radius 2 is 2.05 bits per heavy atom. The molecule has 0 fully saturated rings. The first-order valence-corrected chi connectivity index (χ1v) is 8.26. The molecule has 118 valence electrons. The van der Waals surface area contributed by atoms with E-state index in [0.29, 0.717) is 18.5 Å². The molecule has 1 aromatic heterocycles. The summed E-state index contributed by atoms with van der Waals surface area (Å²) in [4.78, 5) is 16.4. The first-order chi connectivity index (χ1) is 10.4. The van der Waals surface area contributed by atoms with Gasteiger partial charge in [-0.3, -0.25) is 4.79 Å². The number of aliphatic hydroxyl groups excluding tert-OH is 1. The highest BCUT2D eigenvalue weighted by atomic mass is 32.1. The van der Waals surface area contributed by atoms with Crippen LogP contribution in [0.2, 0.25) is 0 Å². The highest BCUT2D eigenvalue weighted by Crippen LogP contribution is 2.22. The molecule has 1 amide bonds. The van der Waals surface area contributed by atoms with Crippen molar-refractivity contribution in [3.8, 4) is 11.3 Å². The molecule has 2 N–H and O–H groups in total. The van der Waals surface area contributed by atoms with Crippen LogP contribution in [0.25, 0.3) is 11.3 Å². The molecule has 1 aromatic carbocycles. The molecular weight excluding hydrogens is 296 g/mol. The minimum Gasteiger partial charge on any atom is -0.393 e. The molecule has 0 saturated carbocycles. The predicted octanol–water partition coefficient (Wildman–Crippen LogP) is 3.34. The van der Waals surface area contributed by atoms with E-state index in [0.717, 1.165) is 11.3 Å². The summed E-state index contributed by atoms with van der Waals surface area (Å²) in [5, 5.41) is 14.4. The van der Waals surface area contributed by atoms with E-state index in [2.05, 4.69) is 10.3 Å². The van der Waals surface area contributed by atoms with Crippen LogP contribution in [0, 0.1) is 5.41 Å². The number of carbonyl (C=O) groups is 1.